The van der Waals surface area contributed by atoms with Crippen molar-refractivity contribution in [1.82, 2.24) is 19.6 Å². The first-order chi connectivity index (χ1) is 16.5. The van der Waals surface area contributed by atoms with Gasteiger partial charge in [0.25, 0.3) is 11.5 Å². The zero-order valence-corrected chi connectivity index (χ0v) is 19.7. The molecule has 166 valence electrons. The van der Waals surface area contributed by atoms with E-state index in [0.717, 1.165) is 21.4 Å². The van der Waals surface area contributed by atoms with E-state index in [-0.39, 0.29) is 22.6 Å². The molecule has 34 heavy (non-hydrogen) atoms. The molecule has 4 heterocycles. The van der Waals surface area contributed by atoms with Crippen molar-refractivity contribution >= 4 is 49.4 Å². The van der Waals surface area contributed by atoms with Crippen LogP contribution in [0.3, 0.4) is 0 Å². The van der Waals surface area contributed by atoms with Gasteiger partial charge in [-0.3, -0.25) is 14.6 Å². The van der Waals surface area contributed by atoms with Crippen LogP contribution < -0.4 is 15.0 Å². The molecule has 0 spiro atoms. The lowest BCUT2D eigenvalue weighted by Crippen LogP contribution is -2.32. The fourth-order valence-corrected chi connectivity index (χ4v) is 5.34. The van der Waals surface area contributed by atoms with Gasteiger partial charge in [-0.2, -0.15) is 9.50 Å². The number of aromatic nitrogens is 4. The minimum absolute atomic E-state index is 0.0464. The average molecular weight is 534 g/mol. The fraction of sp³-hybridized carbons (Fsp3) is 0.0417. The monoisotopic (exact) mass is 533 g/mol. The highest BCUT2D eigenvalue weighted by atomic mass is 79.9. The van der Waals surface area contributed by atoms with Gasteiger partial charge in [0.1, 0.15) is 10.3 Å². The van der Waals surface area contributed by atoms with Gasteiger partial charge >= 0.3 is 0 Å². The number of fused-ring (bicyclic) bond motifs is 2. The van der Waals surface area contributed by atoms with Crippen molar-refractivity contribution in [3.05, 3.63) is 103 Å². The molecule has 3 aromatic heterocycles. The summed E-state index contributed by atoms with van der Waals surface area (Å²) >= 11 is 4.56. The topological polar surface area (TPSA) is 80.5 Å². The van der Waals surface area contributed by atoms with E-state index < -0.39 is 11.4 Å². The smallest absolute Gasteiger partial charge is 0.291 e. The Morgan fingerprint density at radius 3 is 2.59 bits per heavy atom. The number of hydrogen-bond acceptors (Lipinski definition) is 6. The lowest BCUT2D eigenvalue weighted by Gasteiger charge is -2.17. The molecular formula is C24H13BrFN5O2S. The minimum Gasteiger partial charge on any atom is -0.303 e. The summed E-state index contributed by atoms with van der Waals surface area (Å²) in [4.78, 5) is 37.2. The molecule has 0 aliphatic carbocycles. The molecular weight excluding hydrogens is 521 g/mol. The normalized spacial score (nSPS) is 14.8. The van der Waals surface area contributed by atoms with Crippen molar-refractivity contribution in [2.75, 3.05) is 4.90 Å². The van der Waals surface area contributed by atoms with Crippen molar-refractivity contribution in [3.8, 4) is 11.4 Å². The van der Waals surface area contributed by atoms with Gasteiger partial charge < -0.3 is 4.90 Å². The molecule has 5 aromatic rings. The maximum Gasteiger partial charge on any atom is 0.291 e. The second-order valence-electron chi connectivity index (χ2n) is 7.62. The Bertz CT molecular complexity index is 1720. The quantitative estimate of drug-likeness (QED) is 0.354. The third-order valence-corrected chi connectivity index (χ3v) is 7.11. The summed E-state index contributed by atoms with van der Waals surface area (Å²) in [6.45, 7) is 0.0464. The van der Waals surface area contributed by atoms with Crippen molar-refractivity contribution in [1.29, 1.82) is 0 Å². The Morgan fingerprint density at radius 1 is 1.03 bits per heavy atom. The molecule has 10 heteroatoms. The maximum absolute atomic E-state index is 14.3. The lowest BCUT2D eigenvalue weighted by molar-refractivity contribution is -0.113. The van der Waals surface area contributed by atoms with Crippen LogP contribution in [0.25, 0.3) is 21.9 Å². The molecule has 0 saturated carbocycles. The van der Waals surface area contributed by atoms with Crippen LogP contribution in [0.4, 0.5) is 10.1 Å². The van der Waals surface area contributed by atoms with Crippen LogP contribution in [0.1, 0.15) is 11.1 Å². The number of carbonyl (C=O) groups excluding carboxylic acids is 1. The van der Waals surface area contributed by atoms with E-state index in [1.54, 1.807) is 54.9 Å². The Kier molecular flexibility index (Phi) is 4.85. The standard InChI is InChI=1S/C24H13BrFN5O2S/c25-15-5-6-18-16(11-15)19(22(32)30(18)12-14-3-1-2-4-17(14)26)20-23(33)31-24(34-20)28-21(29-31)13-7-9-27-10-8-13/h1-11H,12H2/b20-19-. The van der Waals surface area contributed by atoms with Crippen LogP contribution in [0.15, 0.2) is 76.3 Å². The van der Waals surface area contributed by atoms with Crippen LogP contribution in [0.5, 0.6) is 0 Å². The number of benzene rings is 2. The number of carbonyl (C=O) groups is 1. The summed E-state index contributed by atoms with van der Waals surface area (Å²) in [5.74, 6) is -0.356. The summed E-state index contributed by atoms with van der Waals surface area (Å²) in [5, 5.41) is 4.35. The molecule has 0 atom stereocenters. The zero-order chi connectivity index (χ0) is 23.4. The molecule has 2 aromatic carbocycles. The van der Waals surface area contributed by atoms with E-state index in [4.69, 9.17) is 0 Å². The summed E-state index contributed by atoms with van der Waals surface area (Å²) in [6, 6.07) is 15.2. The average Bonchev–Trinajstić information content (AvgIpc) is 3.47. The van der Waals surface area contributed by atoms with E-state index in [0.29, 0.717) is 27.6 Å². The van der Waals surface area contributed by atoms with E-state index in [1.165, 1.54) is 15.5 Å². The van der Waals surface area contributed by atoms with Gasteiger partial charge in [-0.05, 0) is 36.4 Å². The molecule has 7 nitrogen and oxygen atoms in total. The van der Waals surface area contributed by atoms with Crippen molar-refractivity contribution in [3.63, 3.8) is 0 Å². The van der Waals surface area contributed by atoms with Crippen LogP contribution >= 0.6 is 27.3 Å². The van der Waals surface area contributed by atoms with Crippen LogP contribution in [-0.2, 0) is 11.3 Å². The van der Waals surface area contributed by atoms with E-state index in [2.05, 4.69) is 31.0 Å². The highest BCUT2D eigenvalue weighted by Crippen LogP contribution is 2.38. The first-order valence-electron chi connectivity index (χ1n) is 10.2. The lowest BCUT2D eigenvalue weighted by atomic mass is 10.1. The first-order valence-corrected chi connectivity index (χ1v) is 11.8. The number of amides is 1. The third-order valence-electron chi connectivity index (χ3n) is 5.59. The molecule has 0 N–H and O–H groups in total. The Hall–Kier alpha value is -3.76. The number of hydrogen-bond donors (Lipinski definition) is 0. The number of anilines is 1. The van der Waals surface area contributed by atoms with Gasteiger partial charge in [0.15, 0.2) is 5.82 Å². The van der Waals surface area contributed by atoms with Crippen molar-refractivity contribution in [2.45, 2.75) is 6.54 Å². The second kappa shape index (κ2) is 7.93. The van der Waals surface area contributed by atoms with E-state index in [9.17, 15) is 14.0 Å². The molecule has 0 fully saturated rings. The highest BCUT2D eigenvalue weighted by Gasteiger charge is 2.35. The zero-order valence-electron chi connectivity index (χ0n) is 17.3. The summed E-state index contributed by atoms with van der Waals surface area (Å²) in [7, 11) is 0. The number of nitrogens with zero attached hydrogens (tertiary/aromatic N) is 5. The van der Waals surface area contributed by atoms with Crippen LogP contribution in [0.2, 0.25) is 0 Å². The predicted octanol–water partition coefficient (Wildman–Crippen LogP) is 3.58. The van der Waals surface area contributed by atoms with Crippen molar-refractivity contribution in [2.24, 2.45) is 0 Å². The van der Waals surface area contributed by atoms with Crippen molar-refractivity contribution < 1.29 is 9.18 Å². The summed E-state index contributed by atoms with van der Waals surface area (Å²) in [5.41, 5.74) is 2.18. The van der Waals surface area contributed by atoms with Crippen LogP contribution in [0, 0.1) is 5.82 Å². The largest absolute Gasteiger partial charge is 0.303 e. The molecule has 0 bridgehead atoms. The van der Waals surface area contributed by atoms with Gasteiger partial charge in [0, 0.05) is 33.6 Å². The highest BCUT2D eigenvalue weighted by molar-refractivity contribution is 9.10. The summed E-state index contributed by atoms with van der Waals surface area (Å²) in [6.07, 6.45) is 3.25. The van der Waals surface area contributed by atoms with Gasteiger partial charge in [0.05, 0.1) is 17.8 Å². The molecule has 0 saturated heterocycles. The van der Waals surface area contributed by atoms with Gasteiger partial charge in [-0.1, -0.05) is 45.5 Å². The van der Waals surface area contributed by atoms with Gasteiger partial charge in [-0.15, -0.1) is 5.10 Å². The SMILES string of the molecule is O=C1/C(=c2\sc3nc(-c4ccncc4)nn3c2=O)c2cc(Br)ccc2N1Cc1ccccc1F. The first kappa shape index (κ1) is 20.8. The minimum atomic E-state index is -0.421. The number of pyridine rings is 1. The van der Waals surface area contributed by atoms with Crippen LogP contribution in [-0.4, -0.2) is 25.5 Å². The molecule has 6 rings (SSSR count). The maximum atomic E-state index is 14.3. The summed E-state index contributed by atoms with van der Waals surface area (Å²) < 4.78 is 16.6. The number of halogens is 2. The van der Waals surface area contributed by atoms with Gasteiger partial charge in [-0.25, -0.2) is 4.39 Å². The molecule has 0 radical (unpaired) electrons. The van der Waals surface area contributed by atoms with Gasteiger partial charge in [0.2, 0.25) is 4.96 Å². The third kappa shape index (κ3) is 3.25. The Labute approximate surface area is 204 Å². The number of thiazole rings is 1. The molecule has 0 unspecified atom stereocenters. The molecule has 1 amide bonds. The Balaban J connectivity index is 1.53. The Morgan fingerprint density at radius 2 is 1.82 bits per heavy atom. The molecule has 1 aliphatic rings. The van der Waals surface area contributed by atoms with E-state index in [1.807, 2.05) is 6.07 Å². The molecule has 1 aliphatic heterocycles. The second-order valence-corrected chi connectivity index (χ2v) is 9.51. The van der Waals surface area contributed by atoms with E-state index >= 15 is 0 Å². The predicted molar refractivity (Wildman–Crippen MR) is 130 cm³/mol. The number of rotatable bonds is 3. The fourth-order valence-electron chi connectivity index (χ4n) is 3.99.